The molecule has 2 saturated carbocycles. The van der Waals surface area contributed by atoms with Crippen molar-refractivity contribution in [2.45, 2.75) is 96.7 Å². The van der Waals surface area contributed by atoms with Gasteiger partial charge in [0.25, 0.3) is 5.91 Å². The van der Waals surface area contributed by atoms with Crippen molar-refractivity contribution in [1.82, 2.24) is 15.5 Å². The summed E-state index contributed by atoms with van der Waals surface area (Å²) in [5.41, 5.74) is 5.25. The zero-order valence-corrected chi connectivity index (χ0v) is 21.8. The van der Waals surface area contributed by atoms with Crippen molar-refractivity contribution in [3.05, 3.63) is 0 Å². The lowest BCUT2D eigenvalue weighted by molar-refractivity contribution is -0.144. The second kappa shape index (κ2) is 12.5. The average molecular weight is 507 g/mol. The van der Waals surface area contributed by atoms with E-state index in [1.165, 1.54) is 0 Å². The van der Waals surface area contributed by atoms with E-state index in [2.05, 4.69) is 10.6 Å². The minimum absolute atomic E-state index is 0.0310. The maximum atomic E-state index is 13.9. The molecule has 202 valence electrons. The van der Waals surface area contributed by atoms with Crippen molar-refractivity contribution in [2.24, 2.45) is 29.4 Å². The first-order chi connectivity index (χ1) is 17.1. The largest absolute Gasteiger partial charge is 0.450 e. The van der Waals surface area contributed by atoms with Crippen molar-refractivity contribution in [1.29, 1.82) is 0 Å². The second-order valence-electron chi connectivity index (χ2n) is 10.9. The minimum atomic E-state index is -1.07. The highest BCUT2D eigenvalue weighted by Crippen LogP contribution is 2.36. The third kappa shape index (κ3) is 6.97. The lowest BCUT2D eigenvalue weighted by Gasteiger charge is -2.36. The summed E-state index contributed by atoms with van der Waals surface area (Å²) in [6.45, 7) is 6.29. The summed E-state index contributed by atoms with van der Waals surface area (Å²) in [6.07, 6.45) is 6.95. The number of carbonyl (C=O) groups excluding carboxylic acids is 5. The molecule has 0 bridgehead atoms. The topological polar surface area (TPSA) is 148 Å². The van der Waals surface area contributed by atoms with Gasteiger partial charge in [-0.2, -0.15) is 0 Å². The molecular formula is C26H42N4O6. The Morgan fingerprint density at radius 1 is 0.972 bits per heavy atom. The number of nitrogens with two attached hydrogens (primary N) is 1. The summed E-state index contributed by atoms with van der Waals surface area (Å²) in [5, 5.41) is 5.54. The summed E-state index contributed by atoms with van der Waals surface area (Å²) in [4.78, 5) is 65.5. The van der Waals surface area contributed by atoms with Crippen molar-refractivity contribution in [3.63, 3.8) is 0 Å². The van der Waals surface area contributed by atoms with E-state index in [9.17, 15) is 24.0 Å². The Hall–Kier alpha value is -2.65. The fourth-order valence-corrected chi connectivity index (χ4v) is 5.77. The van der Waals surface area contributed by atoms with Crippen LogP contribution in [0.5, 0.6) is 0 Å². The van der Waals surface area contributed by atoms with E-state index >= 15 is 0 Å². The SMILES string of the molecule is CCOC(=O)N[C@H](C(=O)N1CCC(C(C)C)[C@H]1C(=O)NC(CC1CC1)C(=O)C(N)=O)C1CCCCC1. The molecule has 2 unspecified atom stereocenters. The van der Waals surface area contributed by atoms with Crippen LogP contribution in [0.1, 0.15) is 78.6 Å². The highest BCUT2D eigenvalue weighted by Gasteiger charge is 2.47. The molecule has 2 aliphatic carbocycles. The highest BCUT2D eigenvalue weighted by molar-refractivity contribution is 6.37. The Kier molecular flexibility index (Phi) is 9.73. The van der Waals surface area contributed by atoms with Gasteiger partial charge in [-0.1, -0.05) is 46.0 Å². The van der Waals surface area contributed by atoms with E-state index < -0.39 is 41.8 Å². The number of amides is 4. The van der Waals surface area contributed by atoms with Gasteiger partial charge in [0, 0.05) is 6.54 Å². The van der Waals surface area contributed by atoms with Crippen LogP contribution in [0, 0.1) is 23.7 Å². The molecule has 3 fully saturated rings. The number of hydrogen-bond acceptors (Lipinski definition) is 6. The van der Waals surface area contributed by atoms with Crippen LogP contribution in [0.15, 0.2) is 0 Å². The number of likely N-dealkylation sites (tertiary alicyclic amines) is 1. The number of ether oxygens (including phenoxy) is 1. The Morgan fingerprint density at radius 3 is 2.19 bits per heavy atom. The van der Waals surface area contributed by atoms with Crippen molar-refractivity contribution >= 4 is 29.6 Å². The number of carbonyl (C=O) groups is 5. The van der Waals surface area contributed by atoms with Gasteiger partial charge in [-0.3, -0.25) is 19.2 Å². The molecule has 1 saturated heterocycles. The van der Waals surface area contributed by atoms with E-state index in [4.69, 9.17) is 10.5 Å². The predicted molar refractivity (Wildman–Crippen MR) is 132 cm³/mol. The van der Waals surface area contributed by atoms with Crippen LogP contribution >= 0.6 is 0 Å². The summed E-state index contributed by atoms with van der Waals surface area (Å²) in [5.74, 6) is -2.38. The normalized spacial score (nSPS) is 24.2. The van der Waals surface area contributed by atoms with E-state index in [1.807, 2.05) is 13.8 Å². The quantitative estimate of drug-likeness (QED) is 0.365. The van der Waals surface area contributed by atoms with Gasteiger partial charge < -0.3 is 26.0 Å². The summed E-state index contributed by atoms with van der Waals surface area (Å²) in [6, 6.07) is -2.56. The molecule has 36 heavy (non-hydrogen) atoms. The first kappa shape index (κ1) is 27.9. The maximum Gasteiger partial charge on any atom is 0.407 e. The molecule has 0 radical (unpaired) electrons. The van der Waals surface area contributed by atoms with E-state index in [1.54, 1.807) is 11.8 Å². The van der Waals surface area contributed by atoms with Gasteiger partial charge in [-0.05, 0) is 56.3 Å². The number of alkyl carbamates (subject to hydrolysis) is 1. The Labute approximate surface area is 213 Å². The third-order valence-corrected chi connectivity index (χ3v) is 7.93. The highest BCUT2D eigenvalue weighted by atomic mass is 16.5. The van der Waals surface area contributed by atoms with Gasteiger partial charge in [-0.25, -0.2) is 4.79 Å². The Balaban J connectivity index is 1.83. The van der Waals surface area contributed by atoms with Gasteiger partial charge in [0.1, 0.15) is 12.1 Å². The van der Waals surface area contributed by atoms with Crippen molar-refractivity contribution < 1.29 is 28.7 Å². The van der Waals surface area contributed by atoms with Crippen LogP contribution in [0.25, 0.3) is 0 Å². The summed E-state index contributed by atoms with van der Waals surface area (Å²) >= 11 is 0. The van der Waals surface area contributed by atoms with Crippen LogP contribution in [-0.4, -0.2) is 65.8 Å². The van der Waals surface area contributed by atoms with Crippen LogP contribution in [-0.2, 0) is 23.9 Å². The van der Waals surface area contributed by atoms with Gasteiger partial charge in [0.2, 0.25) is 17.6 Å². The molecular weight excluding hydrogens is 464 g/mol. The monoisotopic (exact) mass is 506 g/mol. The molecule has 1 aliphatic heterocycles. The first-order valence-electron chi connectivity index (χ1n) is 13.5. The lowest BCUT2D eigenvalue weighted by Crippen LogP contribution is -2.59. The number of nitrogens with one attached hydrogen (secondary N) is 2. The molecule has 4 amide bonds. The number of primary amides is 1. The molecule has 0 aromatic rings. The Morgan fingerprint density at radius 2 is 1.64 bits per heavy atom. The molecule has 0 aromatic carbocycles. The number of Topliss-reactive ketones (excluding diaryl/α,β-unsaturated/α-hetero) is 1. The van der Waals surface area contributed by atoms with Gasteiger partial charge in [0.05, 0.1) is 12.6 Å². The molecule has 4 atom stereocenters. The number of ketones is 1. The first-order valence-corrected chi connectivity index (χ1v) is 13.5. The molecule has 3 rings (SSSR count). The van der Waals surface area contributed by atoms with Crippen LogP contribution in [0.4, 0.5) is 4.79 Å². The fraction of sp³-hybridized carbons (Fsp3) is 0.808. The minimum Gasteiger partial charge on any atom is -0.450 e. The number of rotatable bonds is 11. The molecule has 0 aromatic heterocycles. The van der Waals surface area contributed by atoms with Gasteiger partial charge in [0.15, 0.2) is 0 Å². The van der Waals surface area contributed by atoms with Crippen LogP contribution in [0.3, 0.4) is 0 Å². The Bertz CT molecular complexity index is 836. The third-order valence-electron chi connectivity index (χ3n) is 7.93. The molecule has 3 aliphatic rings. The van der Waals surface area contributed by atoms with E-state index in [-0.39, 0.29) is 36.2 Å². The van der Waals surface area contributed by atoms with Crippen LogP contribution in [0.2, 0.25) is 0 Å². The second-order valence-corrected chi connectivity index (χ2v) is 10.9. The smallest absolute Gasteiger partial charge is 0.407 e. The molecule has 0 spiro atoms. The lowest BCUT2D eigenvalue weighted by atomic mass is 9.83. The maximum absolute atomic E-state index is 13.9. The predicted octanol–water partition coefficient (Wildman–Crippen LogP) is 1.89. The fourth-order valence-electron chi connectivity index (χ4n) is 5.77. The van der Waals surface area contributed by atoms with Gasteiger partial charge >= 0.3 is 6.09 Å². The summed E-state index contributed by atoms with van der Waals surface area (Å²) < 4.78 is 5.07. The molecule has 10 heteroatoms. The number of nitrogens with zero attached hydrogens (tertiary/aromatic N) is 1. The number of hydrogen-bond donors (Lipinski definition) is 3. The molecule has 1 heterocycles. The van der Waals surface area contributed by atoms with Gasteiger partial charge in [-0.15, -0.1) is 0 Å². The van der Waals surface area contributed by atoms with Crippen molar-refractivity contribution in [2.75, 3.05) is 13.2 Å². The summed E-state index contributed by atoms with van der Waals surface area (Å²) in [7, 11) is 0. The standard InChI is InChI=1S/C26H42N4O6/c1-4-36-26(35)29-20(17-8-6-5-7-9-17)25(34)30-13-12-18(15(2)3)21(30)24(33)28-19(14-16-10-11-16)22(31)23(27)32/h15-21H,4-14H2,1-3H3,(H2,27,32)(H,28,33)(H,29,35)/t18?,19?,20-,21-/m0/s1. The van der Waals surface area contributed by atoms with Crippen molar-refractivity contribution in [3.8, 4) is 0 Å². The van der Waals surface area contributed by atoms with E-state index in [0.29, 0.717) is 19.4 Å². The molecule has 10 nitrogen and oxygen atoms in total. The zero-order valence-electron chi connectivity index (χ0n) is 21.8. The average Bonchev–Trinajstić information content (AvgIpc) is 3.55. The molecule has 4 N–H and O–H groups in total. The van der Waals surface area contributed by atoms with Crippen LogP contribution < -0.4 is 16.4 Å². The zero-order chi connectivity index (χ0) is 26.4. The van der Waals surface area contributed by atoms with E-state index in [0.717, 1.165) is 44.9 Å².